The molecule has 9 nitrogen and oxygen atoms in total. The first-order chi connectivity index (χ1) is 15.5. The molecule has 0 aromatic rings. The molecule has 4 saturated carbocycles. The molecule has 0 bridgehead atoms. The molecule has 6 N–H and O–H groups in total. The summed E-state index contributed by atoms with van der Waals surface area (Å²) in [6, 6.07) is -0.774. The molecule has 33 heavy (non-hydrogen) atoms. The van der Waals surface area contributed by atoms with E-state index >= 15 is 0 Å². The molecule has 0 aromatic heterocycles. The number of aliphatic hydroxyl groups is 3. The highest BCUT2D eigenvalue weighted by Gasteiger charge is 2.71. The summed E-state index contributed by atoms with van der Waals surface area (Å²) in [5.74, 6) is -0.326. The number of ether oxygens (including phenoxy) is 1. The minimum Gasteiger partial charge on any atom is -0.458 e. The van der Waals surface area contributed by atoms with E-state index in [2.05, 4.69) is 17.5 Å². The van der Waals surface area contributed by atoms with Gasteiger partial charge < -0.3 is 25.8 Å². The van der Waals surface area contributed by atoms with Gasteiger partial charge in [-0.05, 0) is 74.7 Å². The fourth-order valence-electron chi connectivity index (χ4n) is 8.57. The van der Waals surface area contributed by atoms with Crippen LogP contribution in [0.3, 0.4) is 0 Å². The summed E-state index contributed by atoms with van der Waals surface area (Å²) in [4.78, 5) is 23.0. The van der Waals surface area contributed by atoms with Crippen LogP contribution in [0.5, 0.6) is 0 Å². The second kappa shape index (κ2) is 7.52. The van der Waals surface area contributed by atoms with Crippen LogP contribution in [0.4, 0.5) is 4.79 Å². The molecule has 182 valence electrons. The monoisotopic (exact) mass is 461 g/mol. The lowest BCUT2D eigenvalue weighted by molar-refractivity contribution is -0.237. The van der Waals surface area contributed by atoms with Crippen LogP contribution in [0, 0.1) is 28.6 Å². The van der Waals surface area contributed by atoms with Gasteiger partial charge >= 0.3 is 12.0 Å². The number of fused-ring (bicyclic) bond motifs is 5. The van der Waals surface area contributed by atoms with E-state index in [0.717, 1.165) is 24.8 Å². The molecule has 5 rings (SSSR count). The maximum Gasteiger partial charge on any atom is 0.332 e. The Balaban J connectivity index is 1.52. The standard InChI is InChI=1S/C24H35N3O6/c1-21-6-3-17-18(24(21,32)9-5-16(21)14-10-19(29)33-12-14)4-8-23(31)11-15(28)2-7-22(17,23)13-26-27-20(25)30/h10,13,15-18,28,31-32H,2-9,11-12H2,1H3,(H3,25,27,30)/b26-13-/t15-,16+,17-,18+,21-,22+,23+,24-/m1/s1. The van der Waals surface area contributed by atoms with Crippen molar-refractivity contribution in [3.8, 4) is 0 Å². The first kappa shape index (κ1) is 22.8. The number of urea groups is 1. The van der Waals surface area contributed by atoms with Crippen LogP contribution >= 0.6 is 0 Å². The molecular formula is C24H35N3O6. The zero-order valence-corrected chi connectivity index (χ0v) is 19.1. The molecule has 8 atom stereocenters. The van der Waals surface area contributed by atoms with Crippen LogP contribution in [0.1, 0.15) is 64.7 Å². The maximum absolute atomic E-state index is 12.3. The van der Waals surface area contributed by atoms with Gasteiger partial charge in [0.2, 0.25) is 0 Å². The largest absolute Gasteiger partial charge is 0.458 e. The molecule has 4 aliphatic carbocycles. The first-order valence-electron chi connectivity index (χ1n) is 12.1. The molecule has 4 fully saturated rings. The molecule has 5 aliphatic rings. The van der Waals surface area contributed by atoms with Gasteiger partial charge in [-0.15, -0.1) is 0 Å². The highest BCUT2D eigenvalue weighted by atomic mass is 16.5. The predicted molar refractivity (Wildman–Crippen MR) is 119 cm³/mol. The third-order valence-corrected chi connectivity index (χ3v) is 10.1. The smallest absolute Gasteiger partial charge is 0.332 e. The second-order valence-electron chi connectivity index (χ2n) is 11.3. The van der Waals surface area contributed by atoms with Gasteiger partial charge in [0.1, 0.15) is 6.61 Å². The molecule has 1 aliphatic heterocycles. The van der Waals surface area contributed by atoms with Gasteiger partial charge in [-0.3, -0.25) is 0 Å². The number of nitrogens with two attached hydrogens (primary N) is 1. The normalized spacial score (nSPS) is 49.1. The van der Waals surface area contributed by atoms with Crippen LogP contribution in [0.2, 0.25) is 0 Å². The number of nitrogens with one attached hydrogen (secondary N) is 1. The fourth-order valence-corrected chi connectivity index (χ4v) is 8.57. The van der Waals surface area contributed by atoms with Gasteiger partial charge in [-0.1, -0.05) is 6.92 Å². The average molecular weight is 462 g/mol. The summed E-state index contributed by atoms with van der Waals surface area (Å²) in [6.45, 7) is 2.45. The highest BCUT2D eigenvalue weighted by molar-refractivity contribution is 5.85. The number of cyclic esters (lactones) is 1. The van der Waals surface area contributed by atoms with E-state index in [1.807, 2.05) is 0 Å². The Labute approximate surface area is 193 Å². The van der Waals surface area contributed by atoms with Crippen LogP contribution in [0.25, 0.3) is 0 Å². The Kier molecular flexibility index (Phi) is 5.19. The zero-order chi connectivity index (χ0) is 23.6. The Morgan fingerprint density at radius 2 is 1.94 bits per heavy atom. The van der Waals surface area contributed by atoms with E-state index in [-0.39, 0.29) is 35.6 Å². The van der Waals surface area contributed by atoms with Crippen molar-refractivity contribution in [1.82, 2.24) is 5.43 Å². The molecular weight excluding hydrogens is 426 g/mol. The molecule has 0 saturated heterocycles. The van der Waals surface area contributed by atoms with E-state index in [4.69, 9.17) is 10.5 Å². The van der Waals surface area contributed by atoms with Gasteiger partial charge in [0.05, 0.1) is 17.3 Å². The van der Waals surface area contributed by atoms with Crippen molar-refractivity contribution in [3.05, 3.63) is 11.6 Å². The van der Waals surface area contributed by atoms with Crippen molar-refractivity contribution in [2.45, 2.75) is 82.0 Å². The van der Waals surface area contributed by atoms with Gasteiger partial charge in [-0.25, -0.2) is 15.0 Å². The Morgan fingerprint density at radius 1 is 1.18 bits per heavy atom. The van der Waals surface area contributed by atoms with Crippen LogP contribution < -0.4 is 11.2 Å². The van der Waals surface area contributed by atoms with Crippen LogP contribution in [0.15, 0.2) is 16.8 Å². The summed E-state index contributed by atoms with van der Waals surface area (Å²) in [5.41, 5.74) is 5.21. The number of carbonyl (C=O) groups excluding carboxylic acids is 2. The summed E-state index contributed by atoms with van der Waals surface area (Å²) < 4.78 is 5.18. The topological polar surface area (TPSA) is 154 Å². The summed E-state index contributed by atoms with van der Waals surface area (Å²) in [5, 5.41) is 38.6. The predicted octanol–water partition coefficient (Wildman–Crippen LogP) is 1.35. The SMILES string of the molecule is C[C@]12CC[C@@H]3[C@H](CC[C@]4(O)C[C@H](O)CC[C@]34/C=N\NC(N)=O)[C@]1(O)CC[C@H]2C1=CC(=O)OC1. The molecule has 0 radical (unpaired) electrons. The van der Waals surface area contributed by atoms with Gasteiger partial charge in [0.15, 0.2) is 0 Å². The summed E-state index contributed by atoms with van der Waals surface area (Å²) in [6.07, 6.45) is 8.02. The summed E-state index contributed by atoms with van der Waals surface area (Å²) in [7, 11) is 0. The number of nitrogens with zero attached hydrogens (tertiary/aromatic N) is 1. The number of esters is 1. The van der Waals surface area contributed by atoms with Crippen molar-refractivity contribution < 1.29 is 29.6 Å². The number of amides is 2. The van der Waals surface area contributed by atoms with Crippen molar-refractivity contribution in [1.29, 1.82) is 0 Å². The molecule has 0 unspecified atom stereocenters. The van der Waals surface area contributed by atoms with Crippen molar-refractivity contribution in [2.75, 3.05) is 6.61 Å². The summed E-state index contributed by atoms with van der Waals surface area (Å²) >= 11 is 0. The Morgan fingerprint density at radius 3 is 2.64 bits per heavy atom. The number of primary amides is 1. The maximum atomic E-state index is 12.3. The Bertz CT molecular complexity index is 922. The molecule has 9 heteroatoms. The number of aliphatic hydroxyl groups excluding tert-OH is 1. The van der Waals surface area contributed by atoms with Crippen LogP contribution in [-0.2, 0) is 9.53 Å². The molecule has 2 amide bonds. The van der Waals surface area contributed by atoms with E-state index in [9.17, 15) is 24.9 Å². The van der Waals surface area contributed by atoms with Crippen molar-refractivity contribution >= 4 is 18.2 Å². The van der Waals surface area contributed by atoms with E-state index < -0.39 is 28.8 Å². The number of rotatable bonds is 3. The molecule has 0 spiro atoms. The minimum atomic E-state index is -1.16. The second-order valence-corrected chi connectivity index (χ2v) is 11.3. The van der Waals surface area contributed by atoms with Crippen molar-refractivity contribution in [2.24, 2.45) is 39.4 Å². The first-order valence-corrected chi connectivity index (χ1v) is 12.1. The highest BCUT2D eigenvalue weighted by Crippen LogP contribution is 2.70. The van der Waals surface area contributed by atoms with Gasteiger partial charge in [-0.2, -0.15) is 5.10 Å². The molecule has 1 heterocycles. The quantitative estimate of drug-likeness (QED) is 0.243. The lowest BCUT2D eigenvalue weighted by Gasteiger charge is -2.65. The average Bonchev–Trinajstić information content (AvgIpc) is 3.28. The number of hydrogen-bond donors (Lipinski definition) is 5. The number of hydrogen-bond acceptors (Lipinski definition) is 7. The fraction of sp³-hybridized carbons (Fsp3) is 0.792. The van der Waals surface area contributed by atoms with Crippen molar-refractivity contribution in [3.63, 3.8) is 0 Å². The van der Waals surface area contributed by atoms with Gasteiger partial charge in [0.25, 0.3) is 0 Å². The lowest BCUT2D eigenvalue weighted by atomic mass is 9.41. The van der Waals surface area contributed by atoms with Gasteiger partial charge in [0, 0.05) is 29.5 Å². The third kappa shape index (κ3) is 3.12. The minimum absolute atomic E-state index is 0.0468. The number of hydrazone groups is 1. The molecule has 0 aromatic carbocycles. The van der Waals surface area contributed by atoms with E-state index in [1.54, 1.807) is 12.3 Å². The Hall–Kier alpha value is -1.97. The number of carbonyl (C=O) groups is 2. The lowest BCUT2D eigenvalue weighted by Crippen LogP contribution is -2.68. The zero-order valence-electron chi connectivity index (χ0n) is 19.1. The van der Waals surface area contributed by atoms with Crippen LogP contribution in [-0.4, -0.2) is 57.4 Å². The van der Waals surface area contributed by atoms with E-state index in [0.29, 0.717) is 38.7 Å². The third-order valence-electron chi connectivity index (χ3n) is 10.1. The van der Waals surface area contributed by atoms with E-state index in [1.165, 1.54) is 0 Å².